The van der Waals surface area contributed by atoms with Gasteiger partial charge in [-0.05, 0) is 68.2 Å². The van der Waals surface area contributed by atoms with Crippen LogP contribution in [0.2, 0.25) is 0 Å². The Morgan fingerprint density at radius 2 is 1.72 bits per heavy atom. The summed E-state index contributed by atoms with van der Waals surface area (Å²) in [7, 11) is 1.91. The summed E-state index contributed by atoms with van der Waals surface area (Å²) in [6.45, 7) is 4.80. The molecule has 144 valence electrons. The molecule has 1 aliphatic heterocycles. The average Bonchev–Trinajstić information content (AvgIpc) is 3.27. The van der Waals surface area contributed by atoms with Crippen LogP contribution in [0.3, 0.4) is 0 Å². The van der Waals surface area contributed by atoms with Crippen molar-refractivity contribution in [2.75, 3.05) is 6.66 Å². The van der Waals surface area contributed by atoms with Crippen molar-refractivity contribution in [1.82, 2.24) is 0 Å². The van der Waals surface area contributed by atoms with Gasteiger partial charge in [0.2, 0.25) is 11.2 Å². The quantitative estimate of drug-likeness (QED) is 0.282. The van der Waals surface area contributed by atoms with Crippen LogP contribution in [0.15, 0.2) is 54.6 Å². The number of pyridine rings is 1. The Kier molecular flexibility index (Phi) is 3.87. The van der Waals surface area contributed by atoms with Crippen LogP contribution in [-0.2, 0) is 7.05 Å². The first kappa shape index (κ1) is 17.6. The lowest BCUT2D eigenvalue weighted by Gasteiger charge is -2.30. The molecule has 1 aromatic heterocycles. The zero-order valence-electron chi connectivity index (χ0n) is 17.5. The second kappa shape index (κ2) is 6.38. The maximum absolute atomic E-state index is 2.50. The minimum absolute atomic E-state index is 0.372. The van der Waals surface area contributed by atoms with E-state index < -0.39 is 0 Å². The first-order valence-corrected chi connectivity index (χ1v) is 12.7. The summed E-state index contributed by atoms with van der Waals surface area (Å²) < 4.78 is 2.50. The number of nitrogens with zero attached hydrogens (tertiary/aromatic N) is 1. The highest BCUT2D eigenvalue weighted by Crippen LogP contribution is 2.49. The van der Waals surface area contributed by atoms with E-state index in [-0.39, 0.29) is 7.92 Å². The van der Waals surface area contributed by atoms with Gasteiger partial charge in [0.05, 0.1) is 16.3 Å². The van der Waals surface area contributed by atoms with Crippen LogP contribution in [0.25, 0.3) is 32.9 Å². The molecule has 1 saturated carbocycles. The van der Waals surface area contributed by atoms with Gasteiger partial charge in [-0.25, -0.2) is 0 Å². The zero-order valence-corrected chi connectivity index (χ0v) is 18.4. The topological polar surface area (TPSA) is 3.88 Å². The van der Waals surface area contributed by atoms with Crippen molar-refractivity contribution < 1.29 is 4.57 Å². The third kappa shape index (κ3) is 2.34. The molecule has 0 N–H and O–H groups in total. The second-order valence-electron chi connectivity index (χ2n) is 8.86. The summed E-state index contributed by atoms with van der Waals surface area (Å²) in [6.07, 6.45) is 5.44. The molecule has 1 fully saturated rings. The lowest BCUT2D eigenvalue weighted by Crippen LogP contribution is -2.42. The smallest absolute Gasteiger partial charge is 0.193 e. The maximum atomic E-state index is 2.50. The Balaban J connectivity index is 1.85. The van der Waals surface area contributed by atoms with Crippen molar-refractivity contribution in [2.24, 2.45) is 7.05 Å². The Bertz CT molecular complexity index is 1300. The SMILES string of the molecule is Cc1ccc2cccc3c2c1-c1c(c(C2CCCC2)c2ccccc2[n+]1C)P3C. The van der Waals surface area contributed by atoms with E-state index in [0.29, 0.717) is 5.92 Å². The summed E-state index contributed by atoms with van der Waals surface area (Å²) in [5.41, 5.74) is 7.41. The van der Waals surface area contributed by atoms with Gasteiger partial charge in [0.15, 0.2) is 0 Å². The highest BCUT2D eigenvalue weighted by Gasteiger charge is 2.38. The summed E-state index contributed by atoms with van der Waals surface area (Å²) >= 11 is 0. The minimum atomic E-state index is -0.372. The van der Waals surface area contributed by atoms with Crippen molar-refractivity contribution >= 4 is 40.2 Å². The van der Waals surface area contributed by atoms with Gasteiger partial charge in [0.25, 0.3) is 0 Å². The van der Waals surface area contributed by atoms with E-state index in [4.69, 9.17) is 0 Å². The molecule has 0 bridgehead atoms. The van der Waals surface area contributed by atoms with Crippen LogP contribution in [0.5, 0.6) is 0 Å². The van der Waals surface area contributed by atoms with Gasteiger partial charge in [-0.3, -0.25) is 0 Å². The summed E-state index contributed by atoms with van der Waals surface area (Å²) in [6, 6.07) is 20.7. The van der Waals surface area contributed by atoms with E-state index in [1.54, 1.807) is 16.2 Å². The summed E-state index contributed by atoms with van der Waals surface area (Å²) in [5, 5.41) is 7.59. The number of aromatic nitrogens is 1. The van der Waals surface area contributed by atoms with Gasteiger partial charge in [-0.15, -0.1) is 0 Å². The Morgan fingerprint density at radius 3 is 2.55 bits per heavy atom. The van der Waals surface area contributed by atoms with Gasteiger partial charge < -0.3 is 0 Å². The Morgan fingerprint density at radius 1 is 0.931 bits per heavy atom. The van der Waals surface area contributed by atoms with Crippen LogP contribution in [-0.4, -0.2) is 6.66 Å². The molecule has 29 heavy (non-hydrogen) atoms. The Hall–Kier alpha value is -2.24. The van der Waals surface area contributed by atoms with Gasteiger partial charge in [-0.2, -0.15) is 4.57 Å². The molecule has 1 atom stereocenters. The van der Waals surface area contributed by atoms with Crippen LogP contribution in [0, 0.1) is 6.92 Å². The third-order valence-electron chi connectivity index (χ3n) is 7.30. The zero-order chi connectivity index (χ0) is 19.7. The van der Waals surface area contributed by atoms with Gasteiger partial charge in [-0.1, -0.05) is 55.3 Å². The molecule has 2 heteroatoms. The molecule has 4 aromatic rings. The molecule has 0 radical (unpaired) electrons. The summed E-state index contributed by atoms with van der Waals surface area (Å²) in [5.74, 6) is 0.713. The van der Waals surface area contributed by atoms with Crippen LogP contribution >= 0.6 is 7.92 Å². The first-order valence-electron chi connectivity index (χ1n) is 10.9. The number of hydrogen-bond acceptors (Lipinski definition) is 0. The molecular formula is C27H27NP+. The largest absolute Gasteiger partial charge is 0.222 e. The molecule has 1 unspecified atom stereocenters. The normalized spacial score (nSPS) is 18.5. The van der Waals surface area contributed by atoms with Crippen molar-refractivity contribution in [3.05, 3.63) is 65.7 Å². The van der Waals surface area contributed by atoms with Crippen molar-refractivity contribution in [2.45, 2.75) is 38.5 Å². The molecule has 1 nitrogen and oxygen atoms in total. The number of benzene rings is 3. The molecule has 0 amide bonds. The van der Waals surface area contributed by atoms with Crippen molar-refractivity contribution in [3.63, 3.8) is 0 Å². The van der Waals surface area contributed by atoms with E-state index in [9.17, 15) is 0 Å². The lowest BCUT2D eigenvalue weighted by molar-refractivity contribution is -0.632. The second-order valence-corrected chi connectivity index (χ2v) is 10.9. The minimum Gasteiger partial charge on any atom is -0.193 e. The molecule has 3 aromatic carbocycles. The van der Waals surface area contributed by atoms with E-state index in [2.05, 4.69) is 79.8 Å². The number of rotatable bonds is 1. The molecule has 6 rings (SSSR count). The molecule has 2 aliphatic rings. The average molecular weight is 396 g/mol. The molecule has 0 saturated heterocycles. The van der Waals surface area contributed by atoms with Crippen LogP contribution in [0.1, 0.15) is 42.7 Å². The monoisotopic (exact) mass is 396 g/mol. The van der Waals surface area contributed by atoms with Crippen LogP contribution in [0.4, 0.5) is 0 Å². The van der Waals surface area contributed by atoms with Gasteiger partial charge in [0.1, 0.15) is 7.05 Å². The highest BCUT2D eigenvalue weighted by atomic mass is 31.1. The van der Waals surface area contributed by atoms with E-state index in [0.717, 1.165) is 0 Å². The number of fused-ring (bicyclic) bond motifs is 3. The van der Waals surface area contributed by atoms with Crippen molar-refractivity contribution in [3.8, 4) is 11.3 Å². The fourth-order valence-corrected chi connectivity index (χ4v) is 8.32. The third-order valence-corrected chi connectivity index (χ3v) is 9.52. The summed E-state index contributed by atoms with van der Waals surface area (Å²) in [4.78, 5) is 0. The predicted molar refractivity (Wildman–Crippen MR) is 126 cm³/mol. The predicted octanol–water partition coefficient (Wildman–Crippen LogP) is 5.83. The van der Waals surface area contributed by atoms with Gasteiger partial charge in [0, 0.05) is 11.5 Å². The van der Waals surface area contributed by atoms with E-state index in [1.165, 1.54) is 64.2 Å². The number of aryl methyl sites for hydroxylation is 2. The molecular weight excluding hydrogens is 369 g/mol. The Labute approximate surface area is 174 Å². The number of para-hydroxylation sites is 1. The van der Waals surface area contributed by atoms with E-state index >= 15 is 0 Å². The first-order chi connectivity index (χ1) is 14.2. The van der Waals surface area contributed by atoms with Gasteiger partial charge >= 0.3 is 0 Å². The lowest BCUT2D eigenvalue weighted by atomic mass is 9.89. The fraction of sp³-hybridized carbons (Fsp3) is 0.296. The molecule has 1 aliphatic carbocycles. The maximum Gasteiger partial charge on any atom is 0.222 e. The van der Waals surface area contributed by atoms with E-state index in [1.807, 2.05) is 0 Å². The highest BCUT2D eigenvalue weighted by molar-refractivity contribution is 7.73. The standard InChI is InChI=1S/C27H27NP/c1-17-15-16-19-11-8-14-22-25(19)23(17)26-27(29(22)3)24(18-9-4-5-10-18)20-12-6-7-13-21(20)28(26)2/h6-8,11-16,18H,4-5,9-10H2,1-3H3/q+1. The molecule has 0 spiro atoms. The fourth-order valence-electron chi connectivity index (χ4n) is 5.95. The number of hydrogen-bond donors (Lipinski definition) is 0. The van der Waals surface area contributed by atoms with Crippen molar-refractivity contribution in [1.29, 1.82) is 0 Å². The molecule has 2 heterocycles. The van der Waals surface area contributed by atoms with Crippen LogP contribution < -0.4 is 15.2 Å².